The van der Waals surface area contributed by atoms with Gasteiger partial charge in [0.1, 0.15) is 11.2 Å². The molecule has 14 nitrogen and oxygen atoms in total. The van der Waals surface area contributed by atoms with Gasteiger partial charge in [0.25, 0.3) is 5.56 Å². The first kappa shape index (κ1) is 42.6. The molecule has 0 radical (unpaired) electrons. The molecule has 7 rings (SSSR count). The van der Waals surface area contributed by atoms with Gasteiger partial charge < -0.3 is 30.3 Å². The van der Waals surface area contributed by atoms with Crippen LogP contribution in [0, 0.1) is 0 Å². The van der Waals surface area contributed by atoms with Gasteiger partial charge in [-0.2, -0.15) is 0 Å². The Bertz CT molecular complexity index is 2490. The van der Waals surface area contributed by atoms with Gasteiger partial charge in [0.2, 0.25) is 17.7 Å². The first-order valence-corrected chi connectivity index (χ1v) is 20.6. The SMILES string of the molecule is COc1nc(-c2cccc(-c3cccc(-c4ccn5c(=O)c(CNCCN6CCNC(=O)C6)cnc5c4)c3Cl)c2Cl)ccc1CN(C[C@@H]1CCC(=O)N1)C(=O)OC(C)(C)C. The minimum Gasteiger partial charge on any atom is -0.481 e. The van der Waals surface area contributed by atoms with E-state index in [9.17, 15) is 19.2 Å². The number of nitrogens with zero attached hydrogens (tertiary/aromatic N) is 5. The van der Waals surface area contributed by atoms with E-state index in [-0.39, 0.29) is 36.5 Å². The third-order valence-corrected chi connectivity index (χ3v) is 11.2. The van der Waals surface area contributed by atoms with Gasteiger partial charge in [0.05, 0.1) is 35.9 Å². The second-order valence-electron chi connectivity index (χ2n) is 15.9. The van der Waals surface area contributed by atoms with Crippen LogP contribution in [0.3, 0.4) is 0 Å². The number of carbonyl (C=O) groups is 3. The van der Waals surface area contributed by atoms with E-state index in [4.69, 9.17) is 37.7 Å². The zero-order chi connectivity index (χ0) is 42.6. The fourth-order valence-corrected chi connectivity index (χ4v) is 8.04. The Balaban J connectivity index is 1.10. The van der Waals surface area contributed by atoms with Crippen LogP contribution in [-0.4, -0.2) is 100 Å². The Kier molecular flexibility index (Phi) is 13.0. The second-order valence-corrected chi connectivity index (χ2v) is 16.7. The van der Waals surface area contributed by atoms with Gasteiger partial charge in [-0.3, -0.25) is 23.7 Å². The Morgan fingerprint density at radius 2 is 1.70 bits per heavy atom. The van der Waals surface area contributed by atoms with Gasteiger partial charge in [0, 0.05) is 97.5 Å². The van der Waals surface area contributed by atoms with E-state index < -0.39 is 11.7 Å². The van der Waals surface area contributed by atoms with Crippen LogP contribution in [0.15, 0.2) is 77.9 Å². The first-order valence-electron chi connectivity index (χ1n) is 19.9. The molecule has 2 aliphatic rings. The predicted molar refractivity (Wildman–Crippen MR) is 231 cm³/mol. The summed E-state index contributed by atoms with van der Waals surface area (Å²) in [7, 11) is 1.52. The predicted octanol–water partition coefficient (Wildman–Crippen LogP) is 5.94. The number of carbonyl (C=O) groups excluding carboxylic acids is 3. The van der Waals surface area contributed by atoms with Crippen molar-refractivity contribution in [2.24, 2.45) is 0 Å². The summed E-state index contributed by atoms with van der Waals surface area (Å²) in [5, 5.41) is 9.95. The highest BCUT2D eigenvalue weighted by atomic mass is 35.5. The number of hydrogen-bond acceptors (Lipinski definition) is 10. The molecule has 5 aromatic rings. The smallest absolute Gasteiger partial charge is 0.410 e. The summed E-state index contributed by atoms with van der Waals surface area (Å²) in [6.07, 6.45) is 3.83. The van der Waals surface area contributed by atoms with Crippen molar-refractivity contribution in [3.05, 3.63) is 105 Å². The Hall–Kier alpha value is -5.54. The molecule has 5 heterocycles. The summed E-state index contributed by atoms with van der Waals surface area (Å²) in [4.78, 5) is 63.3. The van der Waals surface area contributed by atoms with E-state index in [1.165, 1.54) is 11.5 Å². The van der Waals surface area contributed by atoms with Crippen molar-refractivity contribution in [2.45, 2.75) is 58.3 Å². The number of amides is 3. The van der Waals surface area contributed by atoms with Gasteiger partial charge in [0.15, 0.2) is 0 Å². The van der Waals surface area contributed by atoms with Crippen molar-refractivity contribution in [2.75, 3.05) is 46.4 Å². The highest BCUT2D eigenvalue weighted by Gasteiger charge is 2.29. The van der Waals surface area contributed by atoms with Crippen molar-refractivity contribution >= 4 is 46.8 Å². The molecule has 2 aliphatic heterocycles. The number of ether oxygens (including phenoxy) is 2. The molecule has 0 spiro atoms. The van der Waals surface area contributed by atoms with E-state index in [0.29, 0.717) is 101 Å². The Labute approximate surface area is 358 Å². The molecule has 314 valence electrons. The van der Waals surface area contributed by atoms with E-state index in [1.807, 2.05) is 81.4 Å². The average Bonchev–Trinajstić information content (AvgIpc) is 3.63. The maximum Gasteiger partial charge on any atom is 0.410 e. The lowest BCUT2D eigenvalue weighted by Gasteiger charge is -2.29. The van der Waals surface area contributed by atoms with Crippen molar-refractivity contribution in [3.8, 4) is 39.4 Å². The summed E-state index contributed by atoms with van der Waals surface area (Å²) >= 11 is 14.3. The summed E-state index contributed by atoms with van der Waals surface area (Å²) in [5.74, 6) is 0.301. The van der Waals surface area contributed by atoms with Crippen molar-refractivity contribution in [1.29, 1.82) is 0 Å². The first-order chi connectivity index (χ1) is 28.8. The number of methoxy groups -OCH3 is 1. The van der Waals surface area contributed by atoms with Crippen LogP contribution in [0.2, 0.25) is 10.0 Å². The fourth-order valence-electron chi connectivity index (χ4n) is 7.38. The number of pyridine rings is 2. The van der Waals surface area contributed by atoms with Crippen LogP contribution in [0.5, 0.6) is 5.88 Å². The molecule has 16 heteroatoms. The third kappa shape index (κ3) is 9.90. The molecule has 0 unspecified atom stereocenters. The molecule has 0 aliphatic carbocycles. The zero-order valence-electron chi connectivity index (χ0n) is 34.0. The molecular weight excluding hydrogens is 807 g/mol. The summed E-state index contributed by atoms with van der Waals surface area (Å²) in [6.45, 7) is 9.35. The minimum absolute atomic E-state index is 0.0262. The molecule has 60 heavy (non-hydrogen) atoms. The number of aromatic nitrogens is 3. The van der Waals surface area contributed by atoms with Gasteiger partial charge >= 0.3 is 6.09 Å². The normalized spacial score (nSPS) is 15.8. The Morgan fingerprint density at radius 1 is 0.967 bits per heavy atom. The molecule has 1 atom stereocenters. The molecule has 2 aromatic carbocycles. The van der Waals surface area contributed by atoms with Gasteiger partial charge in [-0.1, -0.05) is 59.6 Å². The molecule has 2 saturated heterocycles. The monoisotopic (exact) mass is 854 g/mol. The number of rotatable bonds is 13. The van der Waals surface area contributed by atoms with Crippen molar-refractivity contribution in [3.63, 3.8) is 0 Å². The largest absolute Gasteiger partial charge is 0.481 e. The molecule has 3 aromatic heterocycles. The number of piperazine rings is 1. The number of fused-ring (bicyclic) bond motifs is 1. The molecule has 0 bridgehead atoms. The molecule has 3 N–H and O–H groups in total. The molecule has 3 amide bonds. The van der Waals surface area contributed by atoms with Crippen molar-refractivity contribution in [1.82, 2.24) is 40.1 Å². The van der Waals surface area contributed by atoms with Crippen LogP contribution in [-0.2, 0) is 27.4 Å². The van der Waals surface area contributed by atoms with Crippen LogP contribution in [0.1, 0.15) is 44.7 Å². The summed E-state index contributed by atoms with van der Waals surface area (Å²) in [5.41, 5.74) is 4.89. The lowest BCUT2D eigenvalue weighted by Crippen LogP contribution is -2.49. The van der Waals surface area contributed by atoms with Gasteiger partial charge in [-0.25, -0.2) is 14.8 Å². The highest BCUT2D eigenvalue weighted by Crippen LogP contribution is 2.42. The van der Waals surface area contributed by atoms with Gasteiger partial charge in [-0.15, -0.1) is 0 Å². The number of halogens is 2. The van der Waals surface area contributed by atoms with E-state index in [2.05, 4.69) is 25.8 Å². The van der Waals surface area contributed by atoms with E-state index in [1.54, 1.807) is 17.3 Å². The topological polar surface area (TPSA) is 159 Å². The molecule has 2 fully saturated rings. The summed E-state index contributed by atoms with van der Waals surface area (Å²) in [6, 6.07) is 18.5. The van der Waals surface area contributed by atoms with E-state index in [0.717, 1.165) is 17.7 Å². The Morgan fingerprint density at radius 3 is 2.40 bits per heavy atom. The highest BCUT2D eigenvalue weighted by molar-refractivity contribution is 6.39. The standard InChI is InChI=1S/C44H48Cl2N8O6/c1-44(2,3)60-43(58)53(25-30-12-14-37(55)50-30)24-28-11-13-35(51-41(28)59-4)34-10-6-9-33(40(34)46)32-8-5-7-31(39(32)45)27-15-18-54-36(21-27)49-23-29(42(54)57)22-47-16-19-52-20-17-48-38(56)26-52/h5-11,13,15,18,21,23,30,47H,12,14,16-17,19-20,22,24-26H2,1-4H3,(H,48,56)(H,50,55)/t30-/m0/s1. The van der Waals surface area contributed by atoms with Crippen LogP contribution in [0.25, 0.3) is 39.2 Å². The van der Waals surface area contributed by atoms with Gasteiger partial charge in [-0.05, 0) is 57.0 Å². The van der Waals surface area contributed by atoms with Crippen LogP contribution >= 0.6 is 23.2 Å². The third-order valence-electron chi connectivity index (χ3n) is 10.4. The number of hydrogen-bond donors (Lipinski definition) is 3. The second kappa shape index (κ2) is 18.4. The maximum absolute atomic E-state index is 13.4. The fraction of sp³-hybridized carbons (Fsp3) is 0.364. The van der Waals surface area contributed by atoms with Crippen LogP contribution in [0.4, 0.5) is 4.79 Å². The van der Waals surface area contributed by atoms with Crippen LogP contribution < -0.4 is 26.2 Å². The molecular formula is C44H48Cl2N8O6. The number of benzene rings is 2. The quantitative estimate of drug-likeness (QED) is 0.121. The lowest BCUT2D eigenvalue weighted by atomic mass is 9.97. The lowest BCUT2D eigenvalue weighted by molar-refractivity contribution is -0.124. The van der Waals surface area contributed by atoms with E-state index >= 15 is 0 Å². The maximum atomic E-state index is 13.4. The average molecular weight is 856 g/mol. The minimum atomic E-state index is -0.710. The molecule has 0 saturated carbocycles. The number of nitrogens with one attached hydrogen (secondary N) is 3. The summed E-state index contributed by atoms with van der Waals surface area (Å²) < 4.78 is 13.0. The van der Waals surface area contributed by atoms with Crippen molar-refractivity contribution < 1.29 is 23.9 Å². The zero-order valence-corrected chi connectivity index (χ0v) is 35.5.